The molecule has 176 valence electrons. The molecule has 1 atom stereocenters. The molecule has 0 radical (unpaired) electrons. The van der Waals surface area contributed by atoms with Crippen LogP contribution in [0.25, 0.3) is 11.1 Å². The zero-order valence-electron chi connectivity index (χ0n) is 17.8. The van der Waals surface area contributed by atoms with E-state index in [2.05, 4.69) is 5.32 Å². The molecule has 33 heavy (non-hydrogen) atoms. The van der Waals surface area contributed by atoms with Gasteiger partial charge in [-0.15, -0.1) is 0 Å². The molecule has 3 N–H and O–H groups in total. The quantitative estimate of drug-likeness (QED) is 0.483. The fourth-order valence-electron chi connectivity index (χ4n) is 3.68. The fourth-order valence-corrected chi connectivity index (χ4v) is 4.16. The molecule has 2 amide bonds. The van der Waals surface area contributed by atoms with Crippen LogP contribution in [0.5, 0.6) is 0 Å². The Labute approximate surface area is 193 Å². The molecule has 0 fully saturated rings. The third-order valence-electron chi connectivity index (χ3n) is 5.36. The van der Waals surface area contributed by atoms with Gasteiger partial charge in [0.25, 0.3) is 0 Å². The van der Waals surface area contributed by atoms with Crippen LogP contribution in [0.3, 0.4) is 0 Å². The minimum absolute atomic E-state index is 0.0355. The third kappa shape index (κ3) is 5.81. The van der Waals surface area contributed by atoms with Gasteiger partial charge in [-0.3, -0.25) is 4.79 Å². The number of carboxylic acids is 1. The van der Waals surface area contributed by atoms with Crippen LogP contribution in [0, 0.1) is 0 Å². The van der Waals surface area contributed by atoms with Crippen molar-refractivity contribution in [3.63, 3.8) is 0 Å². The topological polar surface area (TPSA) is 105 Å². The van der Waals surface area contributed by atoms with E-state index in [-0.39, 0.29) is 18.9 Å². The molecule has 1 aliphatic rings. The summed E-state index contributed by atoms with van der Waals surface area (Å²) in [6, 6.07) is 14.5. The summed E-state index contributed by atoms with van der Waals surface area (Å²) in [5.74, 6) is -7.05. The van der Waals surface area contributed by atoms with Crippen LogP contribution in [0.1, 0.15) is 23.5 Å². The summed E-state index contributed by atoms with van der Waals surface area (Å²) in [7, 11) is 0. The van der Waals surface area contributed by atoms with E-state index in [1.54, 1.807) is 6.26 Å². The first-order chi connectivity index (χ1) is 15.7. The zero-order valence-corrected chi connectivity index (χ0v) is 18.7. The lowest BCUT2D eigenvalue weighted by Crippen LogP contribution is -2.51. The lowest BCUT2D eigenvalue weighted by molar-refractivity contribution is -0.164. The molecule has 1 aliphatic carbocycles. The molecule has 0 heterocycles. The monoisotopic (exact) mass is 478 g/mol. The highest BCUT2D eigenvalue weighted by Crippen LogP contribution is 2.44. The fraction of sp³-hybridized carbons (Fsp3) is 0.348. The van der Waals surface area contributed by atoms with Crippen molar-refractivity contribution in [2.45, 2.75) is 24.3 Å². The van der Waals surface area contributed by atoms with Crippen molar-refractivity contribution in [3.8, 4) is 11.1 Å². The Morgan fingerprint density at radius 1 is 1.09 bits per heavy atom. The summed E-state index contributed by atoms with van der Waals surface area (Å²) in [5.41, 5.74) is 4.19. The molecule has 0 aromatic heterocycles. The average Bonchev–Trinajstić information content (AvgIpc) is 3.12. The van der Waals surface area contributed by atoms with E-state index in [1.165, 1.54) is 11.8 Å². The number of benzene rings is 2. The van der Waals surface area contributed by atoms with E-state index < -0.39 is 36.5 Å². The van der Waals surface area contributed by atoms with Crippen LogP contribution in [0.2, 0.25) is 0 Å². The predicted molar refractivity (Wildman–Crippen MR) is 121 cm³/mol. The normalized spacial score (nSPS) is 13.5. The number of fused-ring (bicyclic) bond motifs is 3. The van der Waals surface area contributed by atoms with Crippen molar-refractivity contribution < 1.29 is 33.0 Å². The summed E-state index contributed by atoms with van der Waals surface area (Å²) in [5, 5.41) is 12.8. The molecule has 0 bridgehead atoms. The van der Waals surface area contributed by atoms with Gasteiger partial charge in [-0.1, -0.05) is 48.5 Å². The zero-order chi connectivity index (χ0) is 24.0. The van der Waals surface area contributed by atoms with Crippen LogP contribution >= 0.6 is 11.8 Å². The molecule has 2 aromatic carbocycles. The van der Waals surface area contributed by atoms with E-state index >= 15 is 0 Å². The van der Waals surface area contributed by atoms with Gasteiger partial charge >= 0.3 is 18.0 Å². The number of carbonyl (C=O) groups excluding carboxylic acids is 2. The molecule has 7 nitrogen and oxygen atoms in total. The van der Waals surface area contributed by atoms with Crippen LogP contribution < -0.4 is 10.6 Å². The van der Waals surface area contributed by atoms with Crippen molar-refractivity contribution in [1.82, 2.24) is 10.6 Å². The summed E-state index contributed by atoms with van der Waals surface area (Å²) in [6.45, 7) is -1.34. The second-order valence-corrected chi connectivity index (χ2v) is 8.52. The molecular formula is C23H24F2N2O5S. The minimum Gasteiger partial charge on any atom is -0.477 e. The number of halogens is 2. The second kappa shape index (κ2) is 10.7. The molecule has 0 aliphatic heterocycles. The summed E-state index contributed by atoms with van der Waals surface area (Å²) >= 11 is 1.41. The Morgan fingerprint density at radius 3 is 2.21 bits per heavy atom. The molecule has 0 spiro atoms. The highest BCUT2D eigenvalue weighted by molar-refractivity contribution is 7.98. The predicted octanol–water partition coefficient (Wildman–Crippen LogP) is 3.48. The molecule has 1 unspecified atom stereocenters. The van der Waals surface area contributed by atoms with E-state index in [1.807, 2.05) is 53.8 Å². The van der Waals surface area contributed by atoms with Gasteiger partial charge in [0.1, 0.15) is 12.6 Å². The van der Waals surface area contributed by atoms with E-state index in [4.69, 9.17) is 9.84 Å². The van der Waals surface area contributed by atoms with Gasteiger partial charge in [0.15, 0.2) is 0 Å². The number of aliphatic carboxylic acids is 1. The highest BCUT2D eigenvalue weighted by atomic mass is 32.2. The second-order valence-electron chi connectivity index (χ2n) is 7.53. The van der Waals surface area contributed by atoms with Crippen LogP contribution in [0.15, 0.2) is 48.5 Å². The number of thioether (sulfide) groups is 1. The van der Waals surface area contributed by atoms with Crippen molar-refractivity contribution in [2.75, 3.05) is 25.2 Å². The summed E-state index contributed by atoms with van der Waals surface area (Å²) in [4.78, 5) is 35.3. The van der Waals surface area contributed by atoms with Crippen molar-refractivity contribution in [1.29, 1.82) is 0 Å². The van der Waals surface area contributed by atoms with E-state index in [0.717, 1.165) is 22.3 Å². The van der Waals surface area contributed by atoms with Crippen molar-refractivity contribution in [2.24, 2.45) is 0 Å². The lowest BCUT2D eigenvalue weighted by atomic mass is 9.98. The number of alkyl halides is 2. The first-order valence-electron chi connectivity index (χ1n) is 10.2. The van der Waals surface area contributed by atoms with Crippen molar-refractivity contribution in [3.05, 3.63) is 59.7 Å². The number of alkyl carbamates (subject to hydrolysis) is 1. The maximum Gasteiger partial charge on any atom is 0.407 e. The van der Waals surface area contributed by atoms with Crippen LogP contribution in [-0.4, -0.2) is 60.2 Å². The summed E-state index contributed by atoms with van der Waals surface area (Å²) in [6.07, 6.45) is 1.10. The van der Waals surface area contributed by atoms with E-state index in [0.29, 0.717) is 5.75 Å². The molecule has 10 heteroatoms. The number of carboxylic acid groups (broad SMARTS) is 1. The number of carbonyl (C=O) groups is 3. The highest BCUT2D eigenvalue weighted by Gasteiger charge is 2.39. The van der Waals surface area contributed by atoms with E-state index in [9.17, 15) is 23.2 Å². The number of amides is 2. The van der Waals surface area contributed by atoms with Gasteiger partial charge in [-0.05, 0) is 40.7 Å². The Morgan fingerprint density at radius 2 is 1.67 bits per heavy atom. The first-order valence-corrected chi connectivity index (χ1v) is 11.6. The van der Waals surface area contributed by atoms with Gasteiger partial charge in [-0.2, -0.15) is 20.5 Å². The Balaban J connectivity index is 1.63. The smallest absolute Gasteiger partial charge is 0.407 e. The lowest BCUT2D eigenvalue weighted by Gasteiger charge is -2.20. The van der Waals surface area contributed by atoms with Gasteiger partial charge in [0, 0.05) is 5.92 Å². The van der Waals surface area contributed by atoms with Gasteiger partial charge in [0.05, 0.1) is 6.54 Å². The maximum atomic E-state index is 13.3. The molecule has 0 saturated carbocycles. The Bertz CT molecular complexity index is 988. The van der Waals surface area contributed by atoms with Gasteiger partial charge in [-0.25, -0.2) is 9.59 Å². The maximum absolute atomic E-state index is 13.3. The SMILES string of the molecule is CSCCC(NC(=O)OCC1c2ccccc2-c2ccccc21)C(=O)NCC(F)(F)C(=O)O. The molecular weight excluding hydrogens is 454 g/mol. The van der Waals surface area contributed by atoms with Gasteiger partial charge < -0.3 is 20.5 Å². The largest absolute Gasteiger partial charge is 0.477 e. The Hall–Kier alpha value is -3.14. The Kier molecular flexibility index (Phi) is 7.91. The standard InChI is InChI=1S/C23H24F2N2O5S/c1-33-11-10-19(20(28)26-13-23(24,25)21(29)30)27-22(31)32-12-18-16-8-4-2-6-14(16)15-7-3-5-9-17(15)18/h2-9,18-19H,10-13H2,1H3,(H,26,28)(H,27,31)(H,29,30). The molecule has 0 saturated heterocycles. The van der Waals surface area contributed by atoms with Crippen molar-refractivity contribution >= 4 is 29.7 Å². The third-order valence-corrected chi connectivity index (χ3v) is 6.00. The number of hydrogen-bond acceptors (Lipinski definition) is 5. The van der Waals surface area contributed by atoms with Gasteiger partial charge in [0.2, 0.25) is 5.91 Å². The molecule has 2 aromatic rings. The number of hydrogen-bond donors (Lipinski definition) is 3. The number of nitrogens with one attached hydrogen (secondary N) is 2. The minimum atomic E-state index is -4.11. The number of ether oxygens (including phenoxy) is 1. The number of rotatable bonds is 10. The van der Waals surface area contributed by atoms with Crippen LogP contribution in [0.4, 0.5) is 13.6 Å². The first kappa shape index (κ1) is 24.5. The van der Waals surface area contributed by atoms with Crippen LogP contribution in [-0.2, 0) is 14.3 Å². The average molecular weight is 479 g/mol. The molecule has 3 rings (SSSR count). The summed E-state index contributed by atoms with van der Waals surface area (Å²) < 4.78 is 32.0.